The summed E-state index contributed by atoms with van der Waals surface area (Å²) >= 11 is 0. The van der Waals surface area contributed by atoms with Crippen LogP contribution in [0.15, 0.2) is 24.3 Å². The maximum absolute atomic E-state index is 12.8. The Morgan fingerprint density at radius 1 is 1.39 bits per heavy atom. The van der Waals surface area contributed by atoms with Gasteiger partial charge in [0.15, 0.2) is 0 Å². The number of hydrogen-bond acceptors (Lipinski definition) is 3. The molecule has 1 rings (SSSR count). The predicted octanol–water partition coefficient (Wildman–Crippen LogP) is 1.11. The first-order valence-electron chi connectivity index (χ1n) is 5.32. The quantitative estimate of drug-likeness (QED) is 0.780. The van der Waals surface area contributed by atoms with E-state index in [1.165, 1.54) is 18.2 Å². The second-order valence-corrected chi connectivity index (χ2v) is 5.69. The summed E-state index contributed by atoms with van der Waals surface area (Å²) in [5.74, 6) is -1.72. The van der Waals surface area contributed by atoms with Crippen molar-refractivity contribution in [1.29, 1.82) is 0 Å². The van der Waals surface area contributed by atoms with Gasteiger partial charge in [0.2, 0.25) is 10.0 Å². The average molecular weight is 275 g/mol. The summed E-state index contributed by atoms with van der Waals surface area (Å²) in [6, 6.07) is 5.59. The molecule has 0 saturated heterocycles. The molecular formula is C11H14FNO4S. The van der Waals surface area contributed by atoms with Crippen molar-refractivity contribution in [2.24, 2.45) is 0 Å². The van der Waals surface area contributed by atoms with Crippen LogP contribution in [0.3, 0.4) is 0 Å². The van der Waals surface area contributed by atoms with Gasteiger partial charge in [0, 0.05) is 13.0 Å². The van der Waals surface area contributed by atoms with Gasteiger partial charge >= 0.3 is 5.97 Å². The largest absolute Gasteiger partial charge is 0.481 e. The third kappa shape index (κ3) is 5.74. The highest BCUT2D eigenvalue weighted by Gasteiger charge is 2.11. The Morgan fingerprint density at radius 2 is 2.11 bits per heavy atom. The zero-order valence-corrected chi connectivity index (χ0v) is 10.4. The molecule has 1 aromatic rings. The standard InChI is InChI=1S/C11H14FNO4S/c12-10-4-1-3-9(7-10)8-13-18(16,17)6-2-5-11(14)15/h1,3-4,7,13H,2,5-6,8H2,(H,14,15). The maximum atomic E-state index is 12.8. The minimum atomic E-state index is -3.52. The lowest BCUT2D eigenvalue weighted by molar-refractivity contribution is -0.137. The summed E-state index contributed by atoms with van der Waals surface area (Å²) in [7, 11) is -3.52. The van der Waals surface area contributed by atoms with Crippen LogP contribution in [0.5, 0.6) is 0 Å². The molecule has 18 heavy (non-hydrogen) atoms. The molecule has 7 heteroatoms. The first-order valence-corrected chi connectivity index (χ1v) is 6.98. The number of nitrogens with one attached hydrogen (secondary N) is 1. The monoisotopic (exact) mass is 275 g/mol. The summed E-state index contributed by atoms with van der Waals surface area (Å²) in [6.45, 7) is -0.00678. The number of rotatable bonds is 7. The minimum Gasteiger partial charge on any atom is -0.481 e. The molecule has 0 aliphatic rings. The summed E-state index contributed by atoms with van der Waals surface area (Å²) < 4.78 is 38.1. The molecule has 1 aromatic carbocycles. The van der Waals surface area contributed by atoms with Gasteiger partial charge < -0.3 is 5.11 Å². The molecule has 0 radical (unpaired) electrons. The lowest BCUT2D eigenvalue weighted by Gasteiger charge is -2.06. The van der Waals surface area contributed by atoms with Crippen molar-refractivity contribution >= 4 is 16.0 Å². The average Bonchev–Trinajstić information content (AvgIpc) is 2.26. The van der Waals surface area contributed by atoms with Crippen LogP contribution in [0, 0.1) is 5.82 Å². The molecule has 0 amide bonds. The van der Waals surface area contributed by atoms with Gasteiger partial charge in [-0.3, -0.25) is 4.79 Å². The lowest BCUT2D eigenvalue weighted by Crippen LogP contribution is -2.26. The summed E-state index contributed by atoms with van der Waals surface area (Å²) in [4.78, 5) is 10.2. The molecule has 0 aromatic heterocycles. The molecule has 0 bridgehead atoms. The van der Waals surface area contributed by atoms with E-state index in [0.29, 0.717) is 5.56 Å². The van der Waals surface area contributed by atoms with E-state index in [0.717, 1.165) is 0 Å². The highest BCUT2D eigenvalue weighted by Crippen LogP contribution is 2.04. The van der Waals surface area contributed by atoms with E-state index >= 15 is 0 Å². The number of halogens is 1. The van der Waals surface area contributed by atoms with E-state index in [-0.39, 0.29) is 25.1 Å². The highest BCUT2D eigenvalue weighted by molar-refractivity contribution is 7.89. The number of carbonyl (C=O) groups is 1. The molecule has 0 spiro atoms. The van der Waals surface area contributed by atoms with Crippen LogP contribution < -0.4 is 4.72 Å². The zero-order chi connectivity index (χ0) is 13.6. The summed E-state index contributed by atoms with van der Waals surface area (Å²) in [5.41, 5.74) is 0.511. The number of hydrogen-bond donors (Lipinski definition) is 2. The van der Waals surface area contributed by atoms with Crippen molar-refractivity contribution in [3.8, 4) is 0 Å². The smallest absolute Gasteiger partial charge is 0.303 e. The van der Waals surface area contributed by atoms with Crippen molar-refractivity contribution in [3.63, 3.8) is 0 Å². The molecular weight excluding hydrogens is 261 g/mol. The van der Waals surface area contributed by atoms with Gasteiger partial charge in [-0.05, 0) is 24.1 Å². The number of benzene rings is 1. The third-order valence-electron chi connectivity index (χ3n) is 2.19. The second kappa shape index (κ2) is 6.46. The Kier molecular flexibility index (Phi) is 5.24. The second-order valence-electron chi connectivity index (χ2n) is 3.77. The fraction of sp³-hybridized carbons (Fsp3) is 0.364. The third-order valence-corrected chi connectivity index (χ3v) is 3.60. The van der Waals surface area contributed by atoms with E-state index in [4.69, 9.17) is 5.11 Å². The molecule has 0 aliphatic heterocycles. The first kappa shape index (κ1) is 14.6. The topological polar surface area (TPSA) is 83.5 Å². The van der Waals surface area contributed by atoms with E-state index in [9.17, 15) is 17.6 Å². The van der Waals surface area contributed by atoms with Crippen LogP contribution in [0.25, 0.3) is 0 Å². The van der Waals surface area contributed by atoms with E-state index in [1.54, 1.807) is 6.07 Å². The Bertz CT molecular complexity index is 516. The number of aliphatic carboxylic acids is 1. The van der Waals surface area contributed by atoms with Gasteiger partial charge in [-0.25, -0.2) is 17.5 Å². The van der Waals surface area contributed by atoms with Crippen LogP contribution in [0.4, 0.5) is 4.39 Å². The van der Waals surface area contributed by atoms with Gasteiger partial charge in [0.05, 0.1) is 5.75 Å². The maximum Gasteiger partial charge on any atom is 0.303 e. The molecule has 100 valence electrons. The van der Waals surface area contributed by atoms with E-state index in [1.807, 2.05) is 0 Å². The molecule has 0 heterocycles. The lowest BCUT2D eigenvalue weighted by atomic mass is 10.2. The summed E-state index contributed by atoms with van der Waals surface area (Å²) in [6.07, 6.45) is -0.144. The molecule has 0 atom stereocenters. The Morgan fingerprint density at radius 3 is 2.72 bits per heavy atom. The SMILES string of the molecule is O=C(O)CCCS(=O)(=O)NCc1cccc(F)c1. The molecule has 5 nitrogen and oxygen atoms in total. The molecule has 0 saturated carbocycles. The molecule has 2 N–H and O–H groups in total. The van der Waals surface area contributed by atoms with Crippen molar-refractivity contribution < 1.29 is 22.7 Å². The molecule has 0 fully saturated rings. The van der Waals surface area contributed by atoms with Gasteiger partial charge in [0.25, 0.3) is 0 Å². The first-order chi connectivity index (χ1) is 8.39. The normalized spacial score (nSPS) is 11.4. The van der Waals surface area contributed by atoms with Crippen LogP contribution in [-0.4, -0.2) is 25.2 Å². The minimum absolute atomic E-state index is 0.00678. The van der Waals surface area contributed by atoms with Crippen LogP contribution >= 0.6 is 0 Å². The van der Waals surface area contributed by atoms with Crippen molar-refractivity contribution in [3.05, 3.63) is 35.6 Å². The van der Waals surface area contributed by atoms with Gasteiger partial charge in [-0.15, -0.1) is 0 Å². The molecule has 0 unspecified atom stereocenters. The Labute approximate surface area is 105 Å². The zero-order valence-electron chi connectivity index (χ0n) is 9.60. The number of sulfonamides is 1. The summed E-state index contributed by atoms with van der Waals surface area (Å²) in [5, 5.41) is 8.39. The van der Waals surface area contributed by atoms with Crippen molar-refractivity contribution in [1.82, 2.24) is 4.72 Å². The van der Waals surface area contributed by atoms with Gasteiger partial charge in [-0.2, -0.15) is 0 Å². The van der Waals surface area contributed by atoms with E-state index in [2.05, 4.69) is 4.72 Å². The fourth-order valence-electron chi connectivity index (χ4n) is 1.33. The fourth-order valence-corrected chi connectivity index (χ4v) is 2.38. The van der Waals surface area contributed by atoms with E-state index < -0.39 is 21.8 Å². The Balaban J connectivity index is 2.44. The predicted molar refractivity (Wildman–Crippen MR) is 63.9 cm³/mol. The number of carboxylic acids is 1. The van der Waals surface area contributed by atoms with Crippen molar-refractivity contribution in [2.45, 2.75) is 19.4 Å². The molecule has 0 aliphatic carbocycles. The Hall–Kier alpha value is -1.47. The van der Waals surface area contributed by atoms with Crippen LogP contribution in [0.2, 0.25) is 0 Å². The van der Waals surface area contributed by atoms with Crippen molar-refractivity contribution in [2.75, 3.05) is 5.75 Å². The van der Waals surface area contributed by atoms with Gasteiger partial charge in [-0.1, -0.05) is 12.1 Å². The van der Waals surface area contributed by atoms with Crippen LogP contribution in [0.1, 0.15) is 18.4 Å². The number of carboxylic acid groups (broad SMARTS) is 1. The van der Waals surface area contributed by atoms with Gasteiger partial charge in [0.1, 0.15) is 5.82 Å². The highest BCUT2D eigenvalue weighted by atomic mass is 32.2. The van der Waals surface area contributed by atoms with Crippen LogP contribution in [-0.2, 0) is 21.4 Å².